The van der Waals surface area contributed by atoms with Crippen molar-refractivity contribution in [3.63, 3.8) is 0 Å². The van der Waals surface area contributed by atoms with Gasteiger partial charge in [-0.25, -0.2) is 0 Å². The van der Waals surface area contributed by atoms with Crippen LogP contribution in [0.25, 0.3) is 99.3 Å². The first-order valence-electron chi connectivity index (χ1n) is 17.3. The molecule has 0 unspecified atom stereocenters. The molecule has 0 aliphatic carbocycles. The first-order valence-corrected chi connectivity index (χ1v) is 17.3. The summed E-state index contributed by atoms with van der Waals surface area (Å²) in [7, 11) is 0. The molecule has 0 aliphatic rings. The molecule has 0 saturated heterocycles. The van der Waals surface area contributed by atoms with Crippen molar-refractivity contribution in [3.8, 4) is 33.6 Å². The summed E-state index contributed by atoms with van der Waals surface area (Å²) in [5.41, 5.74) is 14.1. The van der Waals surface area contributed by atoms with Crippen LogP contribution in [0.15, 0.2) is 180 Å². The number of para-hydroxylation sites is 4. The highest BCUT2D eigenvalue weighted by Crippen LogP contribution is 2.45. The highest BCUT2D eigenvalue weighted by Gasteiger charge is 2.22. The van der Waals surface area contributed by atoms with Gasteiger partial charge in [-0.05, 0) is 71.8 Å². The summed E-state index contributed by atoms with van der Waals surface area (Å²) in [6, 6.07) is 60.4. The number of nitrogens with zero attached hydrogens (tertiary/aromatic N) is 3. The topological polar surface area (TPSA) is 35.9 Å². The van der Waals surface area contributed by atoms with Gasteiger partial charge in [0.25, 0.3) is 0 Å². The van der Waals surface area contributed by atoms with Crippen LogP contribution in [-0.4, -0.2) is 14.1 Å². The summed E-state index contributed by atoms with van der Waals surface area (Å²) in [5, 5.41) is 5.77. The van der Waals surface area contributed by atoms with E-state index in [1.165, 1.54) is 27.5 Å². The average molecular weight is 652 g/mol. The molecule has 11 aromatic rings. The van der Waals surface area contributed by atoms with Crippen molar-refractivity contribution in [2.24, 2.45) is 0 Å². The Morgan fingerprint density at radius 1 is 0.412 bits per heavy atom. The Morgan fingerprint density at radius 2 is 1.06 bits per heavy atom. The number of aromatic nitrogens is 3. The zero-order valence-electron chi connectivity index (χ0n) is 27.5. The molecule has 4 nitrogen and oxygen atoms in total. The number of pyridine rings is 1. The number of fused-ring (bicyclic) bond motifs is 9. The van der Waals surface area contributed by atoms with E-state index in [1.54, 1.807) is 0 Å². The van der Waals surface area contributed by atoms with Crippen molar-refractivity contribution in [1.82, 2.24) is 14.1 Å². The largest absolute Gasteiger partial charge is 0.456 e. The van der Waals surface area contributed by atoms with Crippen LogP contribution in [0.1, 0.15) is 0 Å². The van der Waals surface area contributed by atoms with Gasteiger partial charge in [-0.1, -0.05) is 109 Å². The zero-order chi connectivity index (χ0) is 33.5. The molecule has 0 atom stereocenters. The Labute approximate surface area is 293 Å². The van der Waals surface area contributed by atoms with Crippen LogP contribution in [-0.2, 0) is 0 Å². The minimum absolute atomic E-state index is 0.890. The lowest BCUT2D eigenvalue weighted by Crippen LogP contribution is -1.95. The van der Waals surface area contributed by atoms with Gasteiger partial charge in [0.2, 0.25) is 0 Å². The molecular formula is C47H29N3O. The Kier molecular flexibility index (Phi) is 5.92. The van der Waals surface area contributed by atoms with Crippen LogP contribution in [0, 0.1) is 0 Å². The fraction of sp³-hybridized carbons (Fsp3) is 0. The van der Waals surface area contributed by atoms with Gasteiger partial charge < -0.3 is 13.6 Å². The number of hydrogen-bond acceptors (Lipinski definition) is 2. The van der Waals surface area contributed by atoms with E-state index in [4.69, 9.17) is 9.40 Å². The molecule has 51 heavy (non-hydrogen) atoms. The molecule has 0 bridgehead atoms. The van der Waals surface area contributed by atoms with Crippen LogP contribution in [0.2, 0.25) is 0 Å². The quantitative estimate of drug-likeness (QED) is 0.190. The van der Waals surface area contributed by atoms with Gasteiger partial charge in [-0.3, -0.25) is 4.98 Å². The van der Waals surface area contributed by atoms with E-state index in [-0.39, 0.29) is 0 Å². The summed E-state index contributed by atoms with van der Waals surface area (Å²) in [5.74, 6) is 0. The third-order valence-corrected chi connectivity index (χ3v) is 10.4. The molecule has 4 heteroatoms. The lowest BCUT2D eigenvalue weighted by atomic mass is 9.91. The summed E-state index contributed by atoms with van der Waals surface area (Å²) < 4.78 is 11.0. The fourth-order valence-electron chi connectivity index (χ4n) is 8.17. The first-order chi connectivity index (χ1) is 25.3. The Balaban J connectivity index is 1.26. The van der Waals surface area contributed by atoms with Gasteiger partial charge in [-0.15, -0.1) is 0 Å². The molecule has 7 aromatic carbocycles. The number of furan rings is 1. The van der Waals surface area contributed by atoms with E-state index in [9.17, 15) is 0 Å². The van der Waals surface area contributed by atoms with Crippen molar-refractivity contribution in [2.75, 3.05) is 0 Å². The SMILES string of the molecule is c1ccc(-c2ccc3c(c2-c2cnc4c5ccccc5n(-c5ccccc5)c4c2)c2ccccc2n3-c2ccc3oc4ccccc4c3c2)cc1. The van der Waals surface area contributed by atoms with Gasteiger partial charge in [0.05, 0.1) is 27.6 Å². The van der Waals surface area contributed by atoms with Crippen LogP contribution in [0.3, 0.4) is 0 Å². The molecule has 0 amide bonds. The molecule has 4 aromatic heterocycles. The van der Waals surface area contributed by atoms with Gasteiger partial charge in [0.1, 0.15) is 11.2 Å². The number of rotatable bonds is 4. The third-order valence-electron chi connectivity index (χ3n) is 10.4. The van der Waals surface area contributed by atoms with Crippen LogP contribution in [0.4, 0.5) is 0 Å². The van der Waals surface area contributed by atoms with Gasteiger partial charge in [0, 0.05) is 55.6 Å². The minimum atomic E-state index is 0.890. The lowest BCUT2D eigenvalue weighted by molar-refractivity contribution is 0.669. The van der Waals surface area contributed by atoms with E-state index in [0.717, 1.165) is 71.8 Å². The van der Waals surface area contributed by atoms with Crippen LogP contribution in [0.5, 0.6) is 0 Å². The van der Waals surface area contributed by atoms with E-state index in [0.29, 0.717) is 0 Å². The van der Waals surface area contributed by atoms with Crippen molar-refractivity contribution < 1.29 is 4.42 Å². The highest BCUT2D eigenvalue weighted by molar-refractivity contribution is 6.20. The Hall–Kier alpha value is -6.91. The molecule has 0 radical (unpaired) electrons. The third kappa shape index (κ3) is 4.11. The average Bonchev–Trinajstić information content (AvgIpc) is 3.85. The second-order valence-corrected chi connectivity index (χ2v) is 13.2. The maximum atomic E-state index is 6.22. The molecule has 238 valence electrons. The van der Waals surface area contributed by atoms with Gasteiger partial charge in [0.15, 0.2) is 0 Å². The second kappa shape index (κ2) is 10.8. The molecular weight excluding hydrogens is 623 g/mol. The normalized spacial score (nSPS) is 11.9. The number of hydrogen-bond donors (Lipinski definition) is 0. The summed E-state index contributed by atoms with van der Waals surface area (Å²) in [6.07, 6.45) is 2.07. The maximum absolute atomic E-state index is 6.22. The maximum Gasteiger partial charge on any atom is 0.135 e. The van der Waals surface area contributed by atoms with Crippen molar-refractivity contribution in [2.45, 2.75) is 0 Å². The van der Waals surface area contributed by atoms with E-state index < -0.39 is 0 Å². The lowest BCUT2D eigenvalue weighted by Gasteiger charge is -2.15. The molecule has 0 fully saturated rings. The van der Waals surface area contributed by atoms with E-state index in [2.05, 4.69) is 173 Å². The van der Waals surface area contributed by atoms with Crippen LogP contribution < -0.4 is 0 Å². The van der Waals surface area contributed by atoms with Crippen LogP contribution >= 0.6 is 0 Å². The molecule has 0 aliphatic heterocycles. The highest BCUT2D eigenvalue weighted by atomic mass is 16.3. The Morgan fingerprint density at radius 3 is 1.88 bits per heavy atom. The van der Waals surface area contributed by atoms with E-state index in [1.807, 2.05) is 12.1 Å². The predicted octanol–water partition coefficient (Wildman–Crippen LogP) is 12.5. The second-order valence-electron chi connectivity index (χ2n) is 13.2. The molecule has 0 N–H and O–H groups in total. The summed E-state index contributed by atoms with van der Waals surface area (Å²) in [4.78, 5) is 5.24. The standard InChI is InChI=1S/C47H29N3O/c1-3-13-30(14-4-1)34-24-25-41-46(36-18-7-10-20-39(36)50(41)33-23-26-44-38(28-33)35-17-9-12-22-43(35)51-44)45(34)31-27-42-47(48-29-31)37-19-8-11-21-40(37)49(42)32-15-5-2-6-16-32/h1-29H. The molecule has 0 saturated carbocycles. The summed E-state index contributed by atoms with van der Waals surface area (Å²) >= 11 is 0. The van der Waals surface area contributed by atoms with Crippen molar-refractivity contribution in [3.05, 3.63) is 176 Å². The number of benzene rings is 7. The monoisotopic (exact) mass is 651 g/mol. The first kappa shape index (κ1) is 28.0. The predicted molar refractivity (Wildman–Crippen MR) is 211 cm³/mol. The van der Waals surface area contributed by atoms with Crippen molar-refractivity contribution >= 4 is 65.7 Å². The van der Waals surface area contributed by atoms with E-state index >= 15 is 0 Å². The smallest absolute Gasteiger partial charge is 0.135 e. The van der Waals surface area contributed by atoms with Gasteiger partial charge >= 0.3 is 0 Å². The Bertz CT molecular complexity index is 3130. The zero-order valence-corrected chi connectivity index (χ0v) is 27.5. The van der Waals surface area contributed by atoms with Crippen molar-refractivity contribution in [1.29, 1.82) is 0 Å². The summed E-state index contributed by atoms with van der Waals surface area (Å²) in [6.45, 7) is 0. The fourth-order valence-corrected chi connectivity index (χ4v) is 8.17. The molecule has 4 heterocycles. The molecule has 0 spiro atoms. The molecule has 11 rings (SSSR count). The van der Waals surface area contributed by atoms with Gasteiger partial charge in [-0.2, -0.15) is 0 Å². The minimum Gasteiger partial charge on any atom is -0.456 e.